The number of hydrogen-bond acceptors (Lipinski definition) is 3. The zero-order chi connectivity index (χ0) is 18.9. The minimum Gasteiger partial charge on any atom is -0.362 e. The first-order valence-electron chi connectivity index (χ1n) is 8.09. The molecule has 2 N–H and O–H groups in total. The number of halogens is 2. The van der Waals surface area contributed by atoms with Crippen LogP contribution in [0.3, 0.4) is 0 Å². The predicted octanol–water partition coefficient (Wildman–Crippen LogP) is 3.62. The Kier molecular flexibility index (Phi) is 7.91. The summed E-state index contributed by atoms with van der Waals surface area (Å²) in [7, 11) is 0. The molecule has 26 heavy (non-hydrogen) atoms. The average molecular weight is 395 g/mol. The molecular formula is C19H20Cl2N2O3. The van der Waals surface area contributed by atoms with Gasteiger partial charge in [0.15, 0.2) is 0 Å². The molecule has 0 spiro atoms. The van der Waals surface area contributed by atoms with Crippen LogP contribution in [-0.2, 0) is 20.7 Å². The topological polar surface area (TPSA) is 67.4 Å². The molecule has 0 saturated carbocycles. The number of anilines is 1. The summed E-state index contributed by atoms with van der Waals surface area (Å²) < 4.78 is 5.13. The maximum Gasteiger partial charge on any atom is 0.250 e. The molecular weight excluding hydrogens is 375 g/mol. The van der Waals surface area contributed by atoms with Gasteiger partial charge in [0.05, 0.1) is 0 Å². The molecule has 0 radical (unpaired) electrons. The number of nitrogens with one attached hydrogen (secondary N) is 2. The number of carbonyl (C=O) groups is 2. The fourth-order valence-corrected chi connectivity index (χ4v) is 2.46. The molecule has 2 aromatic carbocycles. The Morgan fingerprint density at radius 2 is 1.69 bits per heavy atom. The monoisotopic (exact) mass is 394 g/mol. The van der Waals surface area contributed by atoms with Crippen LogP contribution in [0.15, 0.2) is 42.5 Å². The van der Waals surface area contributed by atoms with E-state index in [-0.39, 0.29) is 25.0 Å². The van der Waals surface area contributed by atoms with Crippen LogP contribution >= 0.6 is 23.2 Å². The molecule has 0 atom stereocenters. The molecule has 0 aliphatic heterocycles. The van der Waals surface area contributed by atoms with Crippen molar-refractivity contribution in [3.8, 4) is 0 Å². The largest absolute Gasteiger partial charge is 0.362 e. The van der Waals surface area contributed by atoms with Crippen LogP contribution in [0.25, 0.3) is 0 Å². The second kappa shape index (κ2) is 10.2. The molecule has 0 fully saturated rings. The number of hydrogen-bond donors (Lipinski definition) is 2. The van der Waals surface area contributed by atoms with E-state index in [1.165, 1.54) is 0 Å². The van der Waals surface area contributed by atoms with Crippen molar-refractivity contribution >= 4 is 40.7 Å². The molecule has 0 aromatic heterocycles. The van der Waals surface area contributed by atoms with E-state index in [1.54, 1.807) is 12.1 Å². The Morgan fingerprint density at radius 3 is 2.38 bits per heavy atom. The second-order valence-electron chi connectivity index (χ2n) is 5.73. The molecule has 138 valence electrons. The molecule has 0 heterocycles. The van der Waals surface area contributed by atoms with Crippen LogP contribution in [0.2, 0.25) is 10.0 Å². The lowest BCUT2D eigenvalue weighted by molar-refractivity contribution is -0.128. The van der Waals surface area contributed by atoms with Crippen LogP contribution in [0.1, 0.15) is 11.1 Å². The molecule has 2 amide bonds. The van der Waals surface area contributed by atoms with E-state index >= 15 is 0 Å². The van der Waals surface area contributed by atoms with Gasteiger partial charge in [-0.15, -0.1) is 0 Å². The molecule has 0 saturated heterocycles. The molecule has 2 rings (SSSR count). The lowest BCUT2D eigenvalue weighted by atomic mass is 10.1. The highest BCUT2D eigenvalue weighted by Gasteiger charge is 2.07. The van der Waals surface area contributed by atoms with E-state index in [0.29, 0.717) is 28.7 Å². The van der Waals surface area contributed by atoms with E-state index in [2.05, 4.69) is 10.6 Å². The van der Waals surface area contributed by atoms with Gasteiger partial charge in [0.1, 0.15) is 13.2 Å². The van der Waals surface area contributed by atoms with Crippen molar-refractivity contribution in [2.45, 2.75) is 13.3 Å². The highest BCUT2D eigenvalue weighted by atomic mass is 35.5. The summed E-state index contributed by atoms with van der Waals surface area (Å²) in [6, 6.07) is 12.7. The van der Waals surface area contributed by atoms with Gasteiger partial charge in [0, 0.05) is 22.3 Å². The van der Waals surface area contributed by atoms with Gasteiger partial charge in [0.25, 0.3) is 0 Å². The lowest BCUT2D eigenvalue weighted by Crippen LogP contribution is -2.31. The lowest BCUT2D eigenvalue weighted by Gasteiger charge is -2.08. The van der Waals surface area contributed by atoms with Gasteiger partial charge < -0.3 is 15.4 Å². The standard InChI is InChI=1S/C19H20Cl2N2O3/c1-13-2-7-16(10-17(13)21)23-19(25)12-26-11-18(24)22-9-8-14-3-5-15(20)6-4-14/h2-7,10H,8-9,11-12H2,1H3,(H,22,24)(H,23,25). The summed E-state index contributed by atoms with van der Waals surface area (Å²) in [5.41, 5.74) is 2.59. The van der Waals surface area contributed by atoms with Crippen LogP contribution in [0, 0.1) is 6.92 Å². The number of ether oxygens (including phenoxy) is 1. The third-order valence-electron chi connectivity index (χ3n) is 3.57. The maximum absolute atomic E-state index is 11.8. The first kappa shape index (κ1) is 20.2. The Hall–Kier alpha value is -2.08. The summed E-state index contributed by atoms with van der Waals surface area (Å²) in [5, 5.41) is 6.65. The van der Waals surface area contributed by atoms with Gasteiger partial charge in [0.2, 0.25) is 11.8 Å². The van der Waals surface area contributed by atoms with Gasteiger partial charge >= 0.3 is 0 Å². The zero-order valence-corrected chi connectivity index (χ0v) is 15.9. The van der Waals surface area contributed by atoms with Gasteiger partial charge in [-0.2, -0.15) is 0 Å². The summed E-state index contributed by atoms with van der Waals surface area (Å²) in [6.07, 6.45) is 0.692. The van der Waals surface area contributed by atoms with E-state index in [4.69, 9.17) is 27.9 Å². The molecule has 0 unspecified atom stereocenters. The first-order valence-corrected chi connectivity index (χ1v) is 8.84. The number of benzene rings is 2. The molecule has 0 bridgehead atoms. The number of carbonyl (C=O) groups excluding carboxylic acids is 2. The van der Waals surface area contributed by atoms with E-state index in [0.717, 1.165) is 11.1 Å². The summed E-state index contributed by atoms with van der Waals surface area (Å²) >= 11 is 11.8. The van der Waals surface area contributed by atoms with Crippen LogP contribution in [0.5, 0.6) is 0 Å². The van der Waals surface area contributed by atoms with Crippen molar-refractivity contribution in [3.63, 3.8) is 0 Å². The maximum atomic E-state index is 11.8. The Balaban J connectivity index is 1.62. The number of rotatable bonds is 8. The summed E-state index contributed by atoms with van der Waals surface area (Å²) in [5.74, 6) is -0.621. The molecule has 0 aliphatic carbocycles. The fourth-order valence-electron chi connectivity index (χ4n) is 2.15. The second-order valence-corrected chi connectivity index (χ2v) is 6.57. The average Bonchev–Trinajstić information content (AvgIpc) is 2.60. The predicted molar refractivity (Wildman–Crippen MR) is 104 cm³/mol. The Morgan fingerprint density at radius 1 is 1.00 bits per heavy atom. The van der Waals surface area contributed by atoms with Crippen molar-refractivity contribution in [2.75, 3.05) is 25.1 Å². The molecule has 0 aliphatic rings. The van der Waals surface area contributed by atoms with Crippen molar-refractivity contribution in [3.05, 3.63) is 63.6 Å². The third-order valence-corrected chi connectivity index (χ3v) is 4.23. The van der Waals surface area contributed by atoms with Crippen LogP contribution in [-0.4, -0.2) is 31.6 Å². The normalized spacial score (nSPS) is 10.4. The van der Waals surface area contributed by atoms with Crippen molar-refractivity contribution < 1.29 is 14.3 Å². The van der Waals surface area contributed by atoms with Gasteiger partial charge in [-0.25, -0.2) is 0 Å². The van der Waals surface area contributed by atoms with Crippen LogP contribution in [0.4, 0.5) is 5.69 Å². The third kappa shape index (κ3) is 7.04. The van der Waals surface area contributed by atoms with Gasteiger partial charge in [-0.3, -0.25) is 9.59 Å². The van der Waals surface area contributed by atoms with Gasteiger partial charge in [-0.05, 0) is 48.7 Å². The quantitative estimate of drug-likeness (QED) is 0.718. The van der Waals surface area contributed by atoms with E-state index in [1.807, 2.05) is 37.3 Å². The highest BCUT2D eigenvalue weighted by molar-refractivity contribution is 6.31. The zero-order valence-electron chi connectivity index (χ0n) is 14.4. The fraction of sp³-hybridized carbons (Fsp3) is 0.263. The van der Waals surface area contributed by atoms with E-state index in [9.17, 15) is 9.59 Å². The van der Waals surface area contributed by atoms with Gasteiger partial charge in [-0.1, -0.05) is 41.4 Å². The first-order chi connectivity index (χ1) is 12.4. The van der Waals surface area contributed by atoms with Crippen LogP contribution < -0.4 is 10.6 Å². The number of aryl methyl sites for hydroxylation is 1. The summed E-state index contributed by atoms with van der Waals surface area (Å²) in [6.45, 7) is 1.97. The van der Waals surface area contributed by atoms with Crippen molar-refractivity contribution in [2.24, 2.45) is 0 Å². The van der Waals surface area contributed by atoms with E-state index < -0.39 is 0 Å². The molecule has 7 heteroatoms. The minimum atomic E-state index is -0.348. The van der Waals surface area contributed by atoms with Crippen molar-refractivity contribution in [1.29, 1.82) is 0 Å². The molecule has 5 nitrogen and oxygen atoms in total. The Labute approximate surface area is 162 Å². The molecule has 2 aromatic rings. The Bertz CT molecular complexity index is 764. The minimum absolute atomic E-state index is 0.178. The smallest absolute Gasteiger partial charge is 0.250 e. The summed E-state index contributed by atoms with van der Waals surface area (Å²) in [4.78, 5) is 23.5. The number of amides is 2. The SMILES string of the molecule is Cc1ccc(NC(=O)COCC(=O)NCCc2ccc(Cl)cc2)cc1Cl. The van der Waals surface area contributed by atoms with Crippen molar-refractivity contribution in [1.82, 2.24) is 5.32 Å². The highest BCUT2D eigenvalue weighted by Crippen LogP contribution is 2.19.